The SMILES string of the molecule is COc1ccc(OC)c(CNC(=O)CC2(CN)CCCCC2)c1. The van der Waals surface area contributed by atoms with E-state index in [2.05, 4.69) is 5.32 Å². The molecule has 0 aliphatic heterocycles. The van der Waals surface area contributed by atoms with Gasteiger partial charge < -0.3 is 20.5 Å². The Labute approximate surface area is 138 Å². The largest absolute Gasteiger partial charge is 0.497 e. The molecule has 0 atom stereocenters. The molecule has 0 spiro atoms. The van der Waals surface area contributed by atoms with Crippen LogP contribution >= 0.6 is 0 Å². The molecule has 1 fully saturated rings. The molecule has 23 heavy (non-hydrogen) atoms. The van der Waals surface area contributed by atoms with E-state index in [0.717, 1.165) is 29.9 Å². The van der Waals surface area contributed by atoms with E-state index in [0.29, 0.717) is 19.5 Å². The molecule has 3 N–H and O–H groups in total. The second kappa shape index (κ2) is 8.20. The molecular formula is C18H28N2O3. The Balaban J connectivity index is 1.96. The van der Waals surface area contributed by atoms with Crippen molar-refractivity contribution in [3.05, 3.63) is 23.8 Å². The van der Waals surface area contributed by atoms with Crippen LogP contribution < -0.4 is 20.5 Å². The quantitative estimate of drug-likeness (QED) is 0.810. The van der Waals surface area contributed by atoms with Crippen molar-refractivity contribution in [1.29, 1.82) is 0 Å². The average Bonchev–Trinajstić information content (AvgIpc) is 2.60. The van der Waals surface area contributed by atoms with Crippen molar-refractivity contribution in [1.82, 2.24) is 5.32 Å². The van der Waals surface area contributed by atoms with Crippen LogP contribution in [0, 0.1) is 5.41 Å². The van der Waals surface area contributed by atoms with Crippen LogP contribution in [0.25, 0.3) is 0 Å². The Morgan fingerprint density at radius 3 is 2.57 bits per heavy atom. The maximum atomic E-state index is 12.4. The number of nitrogens with one attached hydrogen (secondary N) is 1. The summed E-state index contributed by atoms with van der Waals surface area (Å²) in [5, 5.41) is 3.00. The average molecular weight is 320 g/mol. The molecule has 1 aromatic rings. The molecule has 2 rings (SSSR count). The van der Waals surface area contributed by atoms with Gasteiger partial charge >= 0.3 is 0 Å². The standard InChI is InChI=1S/C18H28N2O3/c1-22-15-6-7-16(23-2)14(10-15)12-20-17(21)11-18(13-19)8-4-3-5-9-18/h6-7,10H,3-5,8-9,11-13,19H2,1-2H3,(H,20,21). The van der Waals surface area contributed by atoms with Gasteiger partial charge in [0.2, 0.25) is 5.91 Å². The summed E-state index contributed by atoms with van der Waals surface area (Å²) < 4.78 is 10.6. The number of rotatable bonds is 7. The number of hydrogen-bond acceptors (Lipinski definition) is 4. The fraction of sp³-hybridized carbons (Fsp3) is 0.611. The zero-order valence-corrected chi connectivity index (χ0v) is 14.2. The lowest BCUT2D eigenvalue weighted by Gasteiger charge is -2.35. The summed E-state index contributed by atoms with van der Waals surface area (Å²) in [6.45, 7) is 1.02. The van der Waals surface area contributed by atoms with Gasteiger partial charge in [0.15, 0.2) is 0 Å². The molecule has 0 aromatic heterocycles. The second-order valence-corrected chi connectivity index (χ2v) is 6.40. The lowest BCUT2D eigenvalue weighted by Crippen LogP contribution is -2.38. The van der Waals surface area contributed by atoms with Crippen LogP contribution in [-0.4, -0.2) is 26.7 Å². The molecule has 0 unspecified atom stereocenters. The number of methoxy groups -OCH3 is 2. The first-order chi connectivity index (χ1) is 11.1. The van der Waals surface area contributed by atoms with Gasteiger partial charge in [-0.15, -0.1) is 0 Å². The summed E-state index contributed by atoms with van der Waals surface area (Å²) in [6.07, 6.45) is 6.22. The third-order valence-corrected chi connectivity index (χ3v) is 4.85. The molecule has 1 aliphatic rings. The zero-order valence-electron chi connectivity index (χ0n) is 14.2. The molecule has 0 bridgehead atoms. The first kappa shape index (κ1) is 17.6. The van der Waals surface area contributed by atoms with E-state index in [4.69, 9.17) is 15.2 Å². The van der Waals surface area contributed by atoms with Crippen molar-refractivity contribution in [2.45, 2.75) is 45.1 Å². The van der Waals surface area contributed by atoms with Crippen molar-refractivity contribution in [3.63, 3.8) is 0 Å². The molecule has 1 aromatic carbocycles. The summed E-state index contributed by atoms with van der Waals surface area (Å²) in [5.74, 6) is 1.56. The minimum atomic E-state index is -0.0131. The highest BCUT2D eigenvalue weighted by atomic mass is 16.5. The maximum absolute atomic E-state index is 12.4. The molecule has 1 aliphatic carbocycles. The van der Waals surface area contributed by atoms with E-state index in [-0.39, 0.29) is 11.3 Å². The zero-order chi connectivity index (χ0) is 16.7. The lowest BCUT2D eigenvalue weighted by atomic mass is 9.71. The van der Waals surface area contributed by atoms with Crippen molar-refractivity contribution < 1.29 is 14.3 Å². The van der Waals surface area contributed by atoms with E-state index in [1.165, 1.54) is 19.3 Å². The van der Waals surface area contributed by atoms with Crippen LogP contribution in [0.4, 0.5) is 0 Å². The minimum Gasteiger partial charge on any atom is -0.497 e. The van der Waals surface area contributed by atoms with E-state index in [1.807, 2.05) is 18.2 Å². The van der Waals surface area contributed by atoms with Gasteiger partial charge in [0.25, 0.3) is 0 Å². The fourth-order valence-corrected chi connectivity index (χ4v) is 3.37. The molecule has 0 saturated heterocycles. The molecular weight excluding hydrogens is 292 g/mol. The summed E-state index contributed by atoms with van der Waals surface area (Å²) in [4.78, 5) is 12.4. The van der Waals surface area contributed by atoms with Crippen LogP contribution in [-0.2, 0) is 11.3 Å². The summed E-state index contributed by atoms with van der Waals surface area (Å²) in [7, 11) is 3.25. The maximum Gasteiger partial charge on any atom is 0.220 e. The van der Waals surface area contributed by atoms with Crippen molar-refractivity contribution in [2.75, 3.05) is 20.8 Å². The first-order valence-electron chi connectivity index (χ1n) is 8.30. The lowest BCUT2D eigenvalue weighted by molar-refractivity contribution is -0.124. The molecule has 5 heteroatoms. The Hall–Kier alpha value is -1.75. The Bertz CT molecular complexity index is 525. The van der Waals surface area contributed by atoms with E-state index in [1.54, 1.807) is 14.2 Å². The molecule has 128 valence electrons. The highest BCUT2D eigenvalue weighted by Gasteiger charge is 2.32. The first-order valence-corrected chi connectivity index (χ1v) is 8.30. The van der Waals surface area contributed by atoms with E-state index < -0.39 is 0 Å². The Morgan fingerprint density at radius 1 is 1.22 bits per heavy atom. The number of hydrogen-bond donors (Lipinski definition) is 2. The predicted molar refractivity (Wildman–Crippen MR) is 90.6 cm³/mol. The third-order valence-electron chi connectivity index (χ3n) is 4.85. The summed E-state index contributed by atoms with van der Waals surface area (Å²) >= 11 is 0. The topological polar surface area (TPSA) is 73.6 Å². The van der Waals surface area contributed by atoms with Crippen molar-refractivity contribution in [2.24, 2.45) is 11.1 Å². The van der Waals surface area contributed by atoms with Gasteiger partial charge in [-0.25, -0.2) is 0 Å². The monoisotopic (exact) mass is 320 g/mol. The van der Waals surface area contributed by atoms with E-state index in [9.17, 15) is 4.79 Å². The van der Waals surface area contributed by atoms with Gasteiger partial charge in [0.05, 0.1) is 14.2 Å². The smallest absolute Gasteiger partial charge is 0.220 e. The molecule has 0 radical (unpaired) electrons. The number of amides is 1. The number of nitrogens with two attached hydrogens (primary N) is 1. The minimum absolute atomic E-state index is 0.0131. The van der Waals surface area contributed by atoms with Gasteiger partial charge in [0.1, 0.15) is 11.5 Å². The van der Waals surface area contributed by atoms with Crippen LogP contribution in [0.3, 0.4) is 0 Å². The summed E-state index contributed by atoms with van der Waals surface area (Å²) in [5.41, 5.74) is 6.86. The number of benzene rings is 1. The third kappa shape index (κ3) is 4.61. The highest BCUT2D eigenvalue weighted by molar-refractivity contribution is 5.76. The predicted octanol–water partition coefficient (Wildman–Crippen LogP) is 2.62. The van der Waals surface area contributed by atoms with Gasteiger partial charge in [-0.1, -0.05) is 19.3 Å². The van der Waals surface area contributed by atoms with Gasteiger partial charge in [0, 0.05) is 18.5 Å². The molecule has 5 nitrogen and oxygen atoms in total. The normalized spacial score (nSPS) is 16.7. The van der Waals surface area contributed by atoms with Gasteiger partial charge in [-0.05, 0) is 43.0 Å². The van der Waals surface area contributed by atoms with Crippen molar-refractivity contribution in [3.8, 4) is 11.5 Å². The number of carbonyl (C=O) groups excluding carboxylic acids is 1. The fourth-order valence-electron chi connectivity index (χ4n) is 3.37. The summed E-state index contributed by atoms with van der Waals surface area (Å²) in [6, 6.07) is 5.58. The van der Waals surface area contributed by atoms with Crippen LogP contribution in [0.15, 0.2) is 18.2 Å². The highest BCUT2D eigenvalue weighted by Crippen LogP contribution is 2.38. The van der Waals surface area contributed by atoms with Gasteiger partial charge in [-0.2, -0.15) is 0 Å². The van der Waals surface area contributed by atoms with E-state index >= 15 is 0 Å². The number of ether oxygens (including phenoxy) is 2. The van der Waals surface area contributed by atoms with Gasteiger partial charge in [-0.3, -0.25) is 4.79 Å². The van der Waals surface area contributed by atoms with Crippen LogP contribution in [0.5, 0.6) is 11.5 Å². The Morgan fingerprint density at radius 2 is 1.96 bits per heavy atom. The molecule has 0 heterocycles. The van der Waals surface area contributed by atoms with Crippen molar-refractivity contribution >= 4 is 5.91 Å². The number of carbonyl (C=O) groups is 1. The van der Waals surface area contributed by atoms with Crippen LogP contribution in [0.2, 0.25) is 0 Å². The second-order valence-electron chi connectivity index (χ2n) is 6.40. The molecule has 1 amide bonds. The molecule has 1 saturated carbocycles. The Kier molecular flexibility index (Phi) is 6.28. The van der Waals surface area contributed by atoms with Crippen LogP contribution in [0.1, 0.15) is 44.1 Å².